The molecule has 2 aromatic rings. The van der Waals surface area contributed by atoms with Gasteiger partial charge in [0.05, 0.1) is 37.9 Å². The summed E-state index contributed by atoms with van der Waals surface area (Å²) in [6.07, 6.45) is 15.4. The van der Waals surface area contributed by atoms with Gasteiger partial charge in [-0.3, -0.25) is 0 Å². The Kier molecular flexibility index (Phi) is 20.0. The van der Waals surface area contributed by atoms with Gasteiger partial charge < -0.3 is 38.8 Å². The number of oxime groups is 2. The van der Waals surface area contributed by atoms with Crippen molar-refractivity contribution in [3.05, 3.63) is 47.5 Å². The van der Waals surface area contributed by atoms with Crippen molar-refractivity contribution >= 4 is 11.4 Å². The summed E-state index contributed by atoms with van der Waals surface area (Å²) in [5.74, 6) is 2.30. The highest BCUT2D eigenvalue weighted by molar-refractivity contribution is 6.01. The molecule has 0 saturated carbocycles. The van der Waals surface area contributed by atoms with Crippen molar-refractivity contribution in [2.24, 2.45) is 10.3 Å². The van der Waals surface area contributed by atoms with Gasteiger partial charge in [-0.05, 0) is 62.1 Å². The van der Waals surface area contributed by atoms with Crippen LogP contribution in [0.3, 0.4) is 0 Å². The summed E-state index contributed by atoms with van der Waals surface area (Å²) >= 11 is 0. The van der Waals surface area contributed by atoms with E-state index in [0.29, 0.717) is 100 Å². The van der Waals surface area contributed by atoms with Crippen LogP contribution in [0.25, 0.3) is 0 Å². The topological polar surface area (TPSA) is 121 Å². The van der Waals surface area contributed by atoms with Gasteiger partial charge in [-0.1, -0.05) is 88.4 Å². The molecule has 0 amide bonds. The minimum absolute atomic E-state index is 0.304. The maximum atomic E-state index is 9.75. The van der Waals surface area contributed by atoms with E-state index in [9.17, 15) is 10.4 Å². The Morgan fingerprint density at radius 2 is 0.833 bits per heavy atom. The molecular formula is C38H58N2O8. The zero-order chi connectivity index (χ0) is 34.1. The lowest BCUT2D eigenvalue weighted by Crippen LogP contribution is -2.16. The van der Waals surface area contributed by atoms with Crippen LogP contribution in [0.15, 0.2) is 46.7 Å². The zero-order valence-corrected chi connectivity index (χ0v) is 29.3. The number of nitrogens with zero attached hydrogens (tertiary/aromatic N) is 2. The first-order valence-corrected chi connectivity index (χ1v) is 18.1. The monoisotopic (exact) mass is 670 g/mol. The van der Waals surface area contributed by atoms with Crippen LogP contribution in [-0.2, 0) is 9.47 Å². The number of fused-ring (bicyclic) bond motifs is 2. The second kappa shape index (κ2) is 24.6. The molecule has 1 aliphatic rings. The minimum atomic E-state index is 0.304. The minimum Gasteiger partial charge on any atom is -0.487 e. The van der Waals surface area contributed by atoms with Crippen molar-refractivity contribution < 1.29 is 38.8 Å². The number of rotatable bonds is 16. The third-order valence-corrected chi connectivity index (χ3v) is 8.27. The van der Waals surface area contributed by atoms with Crippen LogP contribution in [0.5, 0.6) is 23.0 Å². The fraction of sp³-hybridized carbons (Fsp3) is 0.632. The molecule has 1 heterocycles. The molecule has 0 bridgehead atoms. The van der Waals surface area contributed by atoms with Gasteiger partial charge in [0.15, 0.2) is 23.0 Å². The van der Waals surface area contributed by atoms with Crippen LogP contribution >= 0.6 is 0 Å². The molecule has 0 fully saturated rings. The Morgan fingerprint density at radius 1 is 0.479 bits per heavy atom. The van der Waals surface area contributed by atoms with Crippen LogP contribution in [0.4, 0.5) is 0 Å². The number of unbranched alkanes of at least 4 members (excludes halogenated alkanes) is 10. The number of ether oxygens (including phenoxy) is 6. The van der Waals surface area contributed by atoms with E-state index in [2.05, 4.69) is 24.2 Å². The molecule has 0 unspecified atom stereocenters. The van der Waals surface area contributed by atoms with Crippen LogP contribution in [0.1, 0.15) is 115 Å². The number of hydrogen-bond donors (Lipinski definition) is 2. The molecule has 0 saturated heterocycles. The second-order valence-corrected chi connectivity index (χ2v) is 12.1. The van der Waals surface area contributed by atoms with Gasteiger partial charge in [0.1, 0.15) is 26.4 Å². The van der Waals surface area contributed by atoms with E-state index >= 15 is 0 Å². The van der Waals surface area contributed by atoms with Crippen LogP contribution in [0.2, 0.25) is 0 Å². The molecule has 0 atom stereocenters. The van der Waals surface area contributed by atoms with Crippen LogP contribution < -0.4 is 18.9 Å². The highest BCUT2D eigenvalue weighted by Crippen LogP contribution is 2.31. The second-order valence-electron chi connectivity index (χ2n) is 12.1. The van der Waals surface area contributed by atoms with Gasteiger partial charge >= 0.3 is 0 Å². The van der Waals surface area contributed by atoms with Crippen LogP contribution in [0, 0.1) is 0 Å². The van der Waals surface area contributed by atoms with Crippen LogP contribution in [-0.4, -0.2) is 74.7 Å². The smallest absolute Gasteiger partial charge is 0.161 e. The summed E-state index contributed by atoms with van der Waals surface area (Å²) in [7, 11) is 0. The van der Waals surface area contributed by atoms with E-state index in [0.717, 1.165) is 36.8 Å². The van der Waals surface area contributed by atoms with E-state index in [-0.39, 0.29) is 0 Å². The lowest BCUT2D eigenvalue weighted by Gasteiger charge is -2.17. The molecule has 268 valence electrons. The predicted molar refractivity (Wildman–Crippen MR) is 189 cm³/mol. The fourth-order valence-corrected chi connectivity index (χ4v) is 5.54. The molecule has 1 aliphatic heterocycles. The fourth-order valence-electron chi connectivity index (χ4n) is 5.54. The van der Waals surface area contributed by atoms with E-state index in [1.165, 1.54) is 51.4 Å². The van der Waals surface area contributed by atoms with Gasteiger partial charge in [0.25, 0.3) is 0 Å². The largest absolute Gasteiger partial charge is 0.487 e. The Bertz CT molecular complexity index is 1130. The van der Waals surface area contributed by atoms with Gasteiger partial charge in [-0.2, -0.15) is 0 Å². The zero-order valence-electron chi connectivity index (χ0n) is 29.3. The van der Waals surface area contributed by atoms with Gasteiger partial charge in [-0.15, -0.1) is 0 Å². The van der Waals surface area contributed by atoms with Crippen molar-refractivity contribution in [3.8, 4) is 23.0 Å². The van der Waals surface area contributed by atoms with E-state index in [1.807, 2.05) is 36.4 Å². The standard InChI is InChI=1S/C38H58N2O8/c1-3-5-7-9-11-13-15-33(39-41)31-17-19-35-37(29-31)47-27-23-44-24-28-48-38-30-32(34(40-42)16-14-12-10-8-6-4-2)18-20-36(38)46-26-22-43-21-25-45-35/h17-20,29-30,41-42H,3-16,21-28H2,1-2H3/b39-33-,40-34+. The SMILES string of the molecule is CCCCCCCC/C(=N/O)c1ccc2c(c1)OCCOCCOc1cc(/C(CCCCCCCC)=N/O)ccc1OCCOCCO2. The molecule has 0 aromatic heterocycles. The Labute approximate surface area is 287 Å². The molecule has 48 heavy (non-hydrogen) atoms. The Morgan fingerprint density at radius 3 is 1.21 bits per heavy atom. The van der Waals surface area contributed by atoms with Crippen molar-refractivity contribution in [1.82, 2.24) is 0 Å². The van der Waals surface area contributed by atoms with Crippen molar-refractivity contribution in [2.45, 2.75) is 104 Å². The first-order valence-electron chi connectivity index (χ1n) is 18.1. The molecule has 0 aliphatic carbocycles. The molecule has 10 nitrogen and oxygen atoms in total. The Hall–Kier alpha value is -3.50. The van der Waals surface area contributed by atoms with Crippen molar-refractivity contribution in [3.63, 3.8) is 0 Å². The average Bonchev–Trinajstić information content (AvgIpc) is 3.10. The molecule has 2 aromatic carbocycles. The summed E-state index contributed by atoms with van der Waals surface area (Å²) in [5.41, 5.74) is 2.88. The first kappa shape index (κ1) is 38.9. The number of benzene rings is 2. The van der Waals surface area contributed by atoms with Gasteiger partial charge in [0, 0.05) is 11.1 Å². The molecular weight excluding hydrogens is 612 g/mol. The normalized spacial score (nSPS) is 15.5. The third kappa shape index (κ3) is 14.7. The average molecular weight is 671 g/mol. The highest BCUT2D eigenvalue weighted by Gasteiger charge is 2.14. The summed E-state index contributed by atoms with van der Waals surface area (Å²) in [6.45, 7) is 7.11. The van der Waals surface area contributed by atoms with E-state index < -0.39 is 0 Å². The highest BCUT2D eigenvalue weighted by atomic mass is 16.6. The van der Waals surface area contributed by atoms with Gasteiger partial charge in [0.2, 0.25) is 0 Å². The Balaban J connectivity index is 1.58. The predicted octanol–water partition coefficient (Wildman–Crippen LogP) is 8.81. The third-order valence-electron chi connectivity index (χ3n) is 8.27. The maximum Gasteiger partial charge on any atom is 0.161 e. The molecule has 0 spiro atoms. The summed E-state index contributed by atoms with van der Waals surface area (Å²) in [4.78, 5) is 0. The summed E-state index contributed by atoms with van der Waals surface area (Å²) in [6, 6.07) is 11.2. The van der Waals surface area contributed by atoms with Crippen molar-refractivity contribution in [2.75, 3.05) is 52.9 Å². The lowest BCUT2D eigenvalue weighted by molar-refractivity contribution is 0.0640. The quantitative estimate of drug-likeness (QED) is 0.0787. The van der Waals surface area contributed by atoms with Crippen molar-refractivity contribution in [1.29, 1.82) is 0 Å². The van der Waals surface area contributed by atoms with Gasteiger partial charge in [-0.25, -0.2) is 0 Å². The lowest BCUT2D eigenvalue weighted by atomic mass is 10.0. The molecule has 2 N–H and O–H groups in total. The molecule has 0 radical (unpaired) electrons. The first-order chi connectivity index (χ1) is 23.7. The number of hydrogen-bond acceptors (Lipinski definition) is 10. The van der Waals surface area contributed by atoms with E-state index in [1.54, 1.807) is 0 Å². The summed E-state index contributed by atoms with van der Waals surface area (Å²) in [5, 5.41) is 26.7. The maximum absolute atomic E-state index is 9.75. The molecule has 10 heteroatoms. The summed E-state index contributed by atoms with van der Waals surface area (Å²) < 4.78 is 35.8. The van der Waals surface area contributed by atoms with E-state index in [4.69, 9.17) is 28.4 Å². The molecule has 3 rings (SSSR count).